The summed E-state index contributed by atoms with van der Waals surface area (Å²) in [4.78, 5) is 12.9. The molecular weight excluding hydrogens is 476 g/mol. The minimum atomic E-state index is -4.61. The van der Waals surface area contributed by atoms with Gasteiger partial charge in [0.15, 0.2) is 5.41 Å². The van der Waals surface area contributed by atoms with Gasteiger partial charge in [-0.1, -0.05) is 42.5 Å². The Morgan fingerprint density at radius 1 is 0.889 bits per heavy atom. The molecule has 1 atom stereocenters. The molecule has 0 N–H and O–H groups in total. The smallest absolute Gasteiger partial charge is 0.330 e. The highest BCUT2D eigenvalue weighted by Crippen LogP contribution is 2.64. The van der Waals surface area contributed by atoms with E-state index in [9.17, 15) is 22.4 Å². The Kier molecular flexibility index (Phi) is 6.93. The number of carbonyl (C=O) groups is 1. The summed E-state index contributed by atoms with van der Waals surface area (Å²) < 4.78 is 72.9. The first-order valence-electron chi connectivity index (χ1n) is 11.2. The Balaban J connectivity index is 1.45. The summed E-state index contributed by atoms with van der Waals surface area (Å²) in [5.41, 5.74) is -1.95. The van der Waals surface area contributed by atoms with Crippen molar-refractivity contribution in [2.75, 3.05) is 6.61 Å². The van der Waals surface area contributed by atoms with Crippen molar-refractivity contribution in [2.24, 2.45) is 0 Å². The zero-order chi connectivity index (χ0) is 25.8. The molecule has 1 unspecified atom stereocenters. The van der Waals surface area contributed by atoms with E-state index in [0.717, 1.165) is 0 Å². The number of alkyl halides is 4. The molecule has 0 aliphatic heterocycles. The molecule has 4 nitrogen and oxygen atoms in total. The van der Waals surface area contributed by atoms with E-state index in [4.69, 9.17) is 14.2 Å². The normalized spacial score (nSPS) is 19.2. The summed E-state index contributed by atoms with van der Waals surface area (Å²) in [5.74, 6) is -6.58. The molecule has 0 aromatic heterocycles. The third-order valence-corrected chi connectivity index (χ3v) is 5.92. The minimum Gasteiger partial charge on any atom is -0.494 e. The molecule has 0 saturated heterocycles. The molecule has 1 fully saturated rings. The molecule has 0 spiro atoms. The lowest BCUT2D eigenvalue weighted by molar-refractivity contribution is -0.323. The van der Waals surface area contributed by atoms with E-state index in [1.807, 2.05) is 18.2 Å². The van der Waals surface area contributed by atoms with Crippen LogP contribution in [0, 0.1) is 12.0 Å². The highest BCUT2D eigenvalue weighted by molar-refractivity contribution is 5.87. The first-order chi connectivity index (χ1) is 17.2. The van der Waals surface area contributed by atoms with Gasteiger partial charge in [-0.15, -0.1) is 0 Å². The van der Waals surface area contributed by atoms with Crippen molar-refractivity contribution < 1.29 is 36.6 Å². The maximum absolute atomic E-state index is 14.7. The molecule has 1 saturated carbocycles. The van der Waals surface area contributed by atoms with E-state index < -0.39 is 29.7 Å². The summed E-state index contributed by atoms with van der Waals surface area (Å²) in [6, 6.07) is 20.6. The van der Waals surface area contributed by atoms with Gasteiger partial charge in [0, 0.05) is 12.0 Å². The van der Waals surface area contributed by atoms with Gasteiger partial charge in [-0.25, -0.2) is 0 Å². The summed E-state index contributed by atoms with van der Waals surface area (Å²) in [6.07, 6.45) is 1.22. The minimum absolute atomic E-state index is 0.254. The zero-order valence-corrected chi connectivity index (χ0v) is 19.3. The molecule has 3 aromatic rings. The topological polar surface area (TPSA) is 44.8 Å². The van der Waals surface area contributed by atoms with Crippen LogP contribution in [-0.4, -0.2) is 24.4 Å². The number of para-hydroxylation sites is 1. The van der Waals surface area contributed by atoms with Crippen molar-refractivity contribution in [3.63, 3.8) is 0 Å². The van der Waals surface area contributed by atoms with Gasteiger partial charge >= 0.3 is 17.8 Å². The second-order valence-corrected chi connectivity index (χ2v) is 8.23. The van der Waals surface area contributed by atoms with Gasteiger partial charge in [0.25, 0.3) is 0 Å². The average molecular weight is 498 g/mol. The van der Waals surface area contributed by atoms with Crippen molar-refractivity contribution in [1.29, 1.82) is 0 Å². The molecule has 3 aromatic carbocycles. The van der Waals surface area contributed by atoms with Crippen molar-refractivity contribution in [3.05, 3.63) is 95.6 Å². The molecule has 1 aliphatic rings. The van der Waals surface area contributed by atoms with Crippen LogP contribution in [0.3, 0.4) is 0 Å². The maximum atomic E-state index is 14.7. The van der Waals surface area contributed by atoms with Crippen LogP contribution in [0.4, 0.5) is 17.6 Å². The van der Waals surface area contributed by atoms with E-state index >= 15 is 0 Å². The number of rotatable bonds is 7. The fourth-order valence-electron chi connectivity index (χ4n) is 3.95. The first-order valence-corrected chi connectivity index (χ1v) is 11.2. The molecule has 1 aliphatic carbocycles. The molecule has 0 heterocycles. The number of hydrogen-bond acceptors (Lipinski definition) is 4. The van der Waals surface area contributed by atoms with Crippen LogP contribution in [0.5, 0.6) is 11.5 Å². The van der Waals surface area contributed by atoms with Gasteiger partial charge in [-0.2, -0.15) is 17.6 Å². The Morgan fingerprint density at radius 2 is 1.56 bits per heavy atom. The second-order valence-electron chi connectivity index (χ2n) is 8.23. The third kappa shape index (κ3) is 4.61. The molecule has 4 rings (SSSR count). The fourth-order valence-corrected chi connectivity index (χ4v) is 3.95. The lowest BCUT2D eigenvalue weighted by Crippen LogP contribution is -2.72. The molecule has 8 heteroatoms. The Bertz CT molecular complexity index is 1260. The van der Waals surface area contributed by atoms with E-state index in [2.05, 4.69) is 12.0 Å². The molecule has 0 bridgehead atoms. The standard InChI is InChI=1S/C28H22F4O4/c1-2-34-24-14-12-22(13-15-24)26(19-27(29,30)28(26,31)32)25(33)36-18-21-10-8-20(9-11-21)16-17-35-23-6-4-3-5-7-23/h3-15H,2,18-19H2,1H3. The fraction of sp³-hybridized carbons (Fsp3) is 0.250. The van der Waals surface area contributed by atoms with Crippen LogP contribution in [0.25, 0.3) is 0 Å². The van der Waals surface area contributed by atoms with Crippen LogP contribution in [0.1, 0.15) is 30.0 Å². The molecule has 186 valence electrons. The Hall–Kier alpha value is -3.99. The number of esters is 1. The lowest BCUT2D eigenvalue weighted by Gasteiger charge is -2.51. The number of benzene rings is 3. The van der Waals surface area contributed by atoms with Crippen molar-refractivity contribution in [2.45, 2.75) is 37.2 Å². The van der Waals surface area contributed by atoms with Gasteiger partial charge in [0.05, 0.1) is 6.61 Å². The van der Waals surface area contributed by atoms with Gasteiger partial charge in [0.2, 0.25) is 0 Å². The third-order valence-electron chi connectivity index (χ3n) is 5.92. The number of halogens is 4. The van der Waals surface area contributed by atoms with E-state index in [-0.39, 0.29) is 12.2 Å². The second kappa shape index (κ2) is 9.94. The van der Waals surface area contributed by atoms with Crippen molar-refractivity contribution in [3.8, 4) is 23.5 Å². The van der Waals surface area contributed by atoms with Gasteiger partial charge in [-0.05, 0) is 60.4 Å². The zero-order valence-electron chi connectivity index (χ0n) is 19.3. The largest absolute Gasteiger partial charge is 0.494 e. The summed E-state index contributed by atoms with van der Waals surface area (Å²) in [5, 5.41) is 0. The van der Waals surface area contributed by atoms with Gasteiger partial charge in [0.1, 0.15) is 24.2 Å². The van der Waals surface area contributed by atoms with Crippen LogP contribution in [0.2, 0.25) is 0 Å². The highest BCUT2D eigenvalue weighted by atomic mass is 19.3. The number of hydrogen-bond donors (Lipinski definition) is 0. The summed E-state index contributed by atoms with van der Waals surface area (Å²) in [6.45, 7) is 1.71. The quantitative estimate of drug-likeness (QED) is 0.223. The predicted molar refractivity (Wildman–Crippen MR) is 124 cm³/mol. The predicted octanol–water partition coefficient (Wildman–Crippen LogP) is 6.13. The van der Waals surface area contributed by atoms with Gasteiger partial charge in [-0.3, -0.25) is 4.79 Å². The lowest BCUT2D eigenvalue weighted by atomic mass is 9.58. The van der Waals surface area contributed by atoms with Crippen LogP contribution in [-0.2, 0) is 21.6 Å². The Morgan fingerprint density at radius 3 is 2.14 bits per heavy atom. The average Bonchev–Trinajstić information content (AvgIpc) is 2.88. The van der Waals surface area contributed by atoms with E-state index in [0.29, 0.717) is 29.2 Å². The summed E-state index contributed by atoms with van der Waals surface area (Å²) >= 11 is 0. The number of carbonyl (C=O) groups excluding carboxylic acids is 1. The monoisotopic (exact) mass is 498 g/mol. The first kappa shape index (κ1) is 25.1. The van der Waals surface area contributed by atoms with E-state index in [1.165, 1.54) is 24.3 Å². The van der Waals surface area contributed by atoms with Crippen molar-refractivity contribution >= 4 is 5.97 Å². The SMILES string of the molecule is CCOc1ccc(C2(C(=O)OCc3ccc(C#COc4ccccc4)cc3)CC(F)(F)C2(F)F)cc1. The summed E-state index contributed by atoms with van der Waals surface area (Å²) in [7, 11) is 0. The van der Waals surface area contributed by atoms with Crippen LogP contribution >= 0.6 is 0 Å². The molecule has 0 radical (unpaired) electrons. The van der Waals surface area contributed by atoms with Crippen LogP contribution in [0.15, 0.2) is 78.9 Å². The van der Waals surface area contributed by atoms with E-state index in [1.54, 1.807) is 43.3 Å². The van der Waals surface area contributed by atoms with Gasteiger partial charge < -0.3 is 14.2 Å². The maximum Gasteiger partial charge on any atom is 0.330 e. The Labute approximate surface area is 205 Å². The van der Waals surface area contributed by atoms with Crippen molar-refractivity contribution in [1.82, 2.24) is 0 Å². The molecular formula is C28H22F4O4. The molecule has 36 heavy (non-hydrogen) atoms. The highest BCUT2D eigenvalue weighted by Gasteiger charge is 2.84. The van der Waals surface area contributed by atoms with Crippen LogP contribution < -0.4 is 9.47 Å². The molecule has 0 amide bonds. The number of ether oxygens (including phenoxy) is 3.